The monoisotopic (exact) mass is 430 g/mol. The lowest BCUT2D eigenvalue weighted by molar-refractivity contribution is -0.111. The molecule has 0 bridgehead atoms. The fourth-order valence-electron chi connectivity index (χ4n) is 3.96. The van der Waals surface area contributed by atoms with Gasteiger partial charge in [0.1, 0.15) is 5.82 Å². The Bertz CT molecular complexity index is 1320. The number of anilines is 1. The van der Waals surface area contributed by atoms with Gasteiger partial charge in [0.25, 0.3) is 0 Å². The van der Waals surface area contributed by atoms with E-state index in [2.05, 4.69) is 5.32 Å². The Labute approximate surface area is 181 Å². The zero-order valence-corrected chi connectivity index (χ0v) is 17.3. The average molecular weight is 430 g/mol. The van der Waals surface area contributed by atoms with Crippen LogP contribution in [-0.2, 0) is 17.6 Å². The summed E-state index contributed by atoms with van der Waals surface area (Å²) >= 11 is 1.56. The third kappa shape index (κ3) is 3.25. The number of ether oxygens (including phenoxy) is 2. The van der Waals surface area contributed by atoms with E-state index in [0.29, 0.717) is 11.6 Å². The molecule has 1 aliphatic heterocycles. The van der Waals surface area contributed by atoms with Crippen LogP contribution in [0.3, 0.4) is 0 Å². The number of rotatable bonds is 4. The van der Waals surface area contributed by atoms with Gasteiger partial charge < -0.3 is 14.8 Å². The SMILES string of the molecule is O=C(/C=C/c1ccc2c(c1)OCO2)Nc1c2c(nn1-c1nc3ccccc3s1)CCC2. The Morgan fingerprint density at radius 2 is 2.03 bits per heavy atom. The van der Waals surface area contributed by atoms with Crippen LogP contribution in [0.4, 0.5) is 5.82 Å². The van der Waals surface area contributed by atoms with E-state index in [1.807, 2.05) is 42.5 Å². The molecule has 154 valence electrons. The highest BCUT2D eigenvalue weighted by Crippen LogP contribution is 2.34. The normalized spacial score (nSPS) is 14.5. The zero-order valence-electron chi connectivity index (χ0n) is 16.5. The summed E-state index contributed by atoms with van der Waals surface area (Å²) < 4.78 is 13.6. The molecule has 2 aromatic heterocycles. The van der Waals surface area contributed by atoms with E-state index in [1.165, 1.54) is 6.08 Å². The second kappa shape index (κ2) is 7.24. The Balaban J connectivity index is 1.29. The van der Waals surface area contributed by atoms with Gasteiger partial charge in [-0.3, -0.25) is 4.79 Å². The zero-order chi connectivity index (χ0) is 20.8. The van der Waals surface area contributed by atoms with Gasteiger partial charge in [-0.25, -0.2) is 4.98 Å². The van der Waals surface area contributed by atoms with Crippen LogP contribution in [0.2, 0.25) is 0 Å². The largest absolute Gasteiger partial charge is 0.454 e. The van der Waals surface area contributed by atoms with E-state index in [-0.39, 0.29) is 12.7 Å². The van der Waals surface area contributed by atoms with E-state index in [4.69, 9.17) is 19.6 Å². The van der Waals surface area contributed by atoms with Crippen molar-refractivity contribution in [2.75, 3.05) is 12.1 Å². The number of amides is 1. The van der Waals surface area contributed by atoms with Gasteiger partial charge in [-0.15, -0.1) is 0 Å². The summed E-state index contributed by atoms with van der Waals surface area (Å²) in [6.45, 7) is 0.226. The molecule has 31 heavy (non-hydrogen) atoms. The first-order valence-corrected chi connectivity index (χ1v) is 10.9. The molecule has 0 unspecified atom stereocenters. The molecule has 0 radical (unpaired) electrons. The van der Waals surface area contributed by atoms with Crippen molar-refractivity contribution in [3.63, 3.8) is 0 Å². The quantitative estimate of drug-likeness (QED) is 0.487. The lowest BCUT2D eigenvalue weighted by Gasteiger charge is -2.07. The minimum atomic E-state index is -0.213. The number of aryl methyl sites for hydroxylation is 1. The van der Waals surface area contributed by atoms with E-state index in [9.17, 15) is 4.79 Å². The summed E-state index contributed by atoms with van der Waals surface area (Å²) in [6, 6.07) is 13.6. The highest BCUT2D eigenvalue weighted by atomic mass is 32.1. The number of carbonyl (C=O) groups excluding carboxylic acids is 1. The minimum absolute atomic E-state index is 0.213. The fourth-order valence-corrected chi connectivity index (χ4v) is 4.88. The van der Waals surface area contributed by atoms with Gasteiger partial charge in [0.15, 0.2) is 11.5 Å². The Morgan fingerprint density at radius 1 is 1.13 bits per heavy atom. The number of carbonyl (C=O) groups is 1. The molecule has 1 aliphatic carbocycles. The summed E-state index contributed by atoms with van der Waals surface area (Å²) in [5, 5.41) is 8.56. The van der Waals surface area contributed by atoms with Gasteiger partial charge in [-0.1, -0.05) is 29.5 Å². The number of para-hydroxylation sites is 1. The first-order chi connectivity index (χ1) is 15.2. The maximum absolute atomic E-state index is 12.8. The number of nitrogens with zero attached hydrogens (tertiary/aromatic N) is 3. The van der Waals surface area contributed by atoms with Crippen molar-refractivity contribution in [1.29, 1.82) is 0 Å². The second-order valence-corrected chi connectivity index (χ2v) is 8.45. The van der Waals surface area contributed by atoms with E-state index >= 15 is 0 Å². The molecule has 0 atom stereocenters. The second-order valence-electron chi connectivity index (χ2n) is 7.44. The van der Waals surface area contributed by atoms with Gasteiger partial charge >= 0.3 is 0 Å². The lowest BCUT2D eigenvalue weighted by atomic mass is 10.2. The summed E-state index contributed by atoms with van der Waals surface area (Å²) in [7, 11) is 0. The van der Waals surface area contributed by atoms with E-state index in [0.717, 1.165) is 57.2 Å². The van der Waals surface area contributed by atoms with Gasteiger partial charge in [-0.05, 0) is 55.2 Å². The third-order valence-corrected chi connectivity index (χ3v) is 6.45. The molecule has 2 aromatic carbocycles. The maximum Gasteiger partial charge on any atom is 0.249 e. The molecule has 0 spiro atoms. The van der Waals surface area contributed by atoms with Crippen LogP contribution in [0.15, 0.2) is 48.5 Å². The number of hydrogen-bond donors (Lipinski definition) is 1. The Morgan fingerprint density at radius 3 is 2.97 bits per heavy atom. The predicted octanol–water partition coefficient (Wildman–Crippen LogP) is 4.35. The molecule has 6 rings (SSSR count). The number of aromatic nitrogens is 3. The maximum atomic E-state index is 12.8. The highest BCUT2D eigenvalue weighted by Gasteiger charge is 2.25. The standard InChI is InChI=1S/C23H18N4O3S/c28-21(11-9-14-8-10-18-19(12-14)30-13-29-18)25-22-15-4-3-6-16(15)26-27(22)23-24-17-5-1-2-7-20(17)31-23/h1-2,5,7-12H,3-4,6,13H2,(H,25,28)/b11-9+. The van der Waals surface area contributed by atoms with Crippen molar-refractivity contribution in [2.24, 2.45) is 0 Å². The van der Waals surface area contributed by atoms with Crippen LogP contribution in [0.1, 0.15) is 23.2 Å². The van der Waals surface area contributed by atoms with Crippen molar-refractivity contribution in [2.45, 2.75) is 19.3 Å². The van der Waals surface area contributed by atoms with Crippen LogP contribution in [-0.4, -0.2) is 27.5 Å². The summed E-state index contributed by atoms with van der Waals surface area (Å²) in [6.07, 6.45) is 6.16. The molecule has 2 aliphatic rings. The summed E-state index contributed by atoms with van der Waals surface area (Å²) in [4.78, 5) is 17.5. The lowest BCUT2D eigenvalue weighted by Crippen LogP contribution is -2.13. The number of hydrogen-bond acceptors (Lipinski definition) is 6. The van der Waals surface area contributed by atoms with Crippen molar-refractivity contribution in [3.8, 4) is 16.6 Å². The molecule has 0 saturated heterocycles. The smallest absolute Gasteiger partial charge is 0.249 e. The summed E-state index contributed by atoms with van der Waals surface area (Å²) in [5.41, 5.74) is 3.93. The van der Waals surface area contributed by atoms with Crippen LogP contribution in [0.25, 0.3) is 21.4 Å². The topological polar surface area (TPSA) is 78.3 Å². The van der Waals surface area contributed by atoms with Gasteiger partial charge in [0.05, 0.1) is 15.9 Å². The molecule has 1 amide bonds. The Kier molecular flexibility index (Phi) is 4.24. The average Bonchev–Trinajstić information content (AvgIpc) is 3.55. The van der Waals surface area contributed by atoms with Crippen LogP contribution in [0, 0.1) is 0 Å². The van der Waals surface area contributed by atoms with Crippen molar-refractivity contribution in [1.82, 2.24) is 14.8 Å². The van der Waals surface area contributed by atoms with Crippen LogP contribution < -0.4 is 14.8 Å². The number of fused-ring (bicyclic) bond motifs is 3. The molecule has 3 heterocycles. The number of benzene rings is 2. The Hall–Kier alpha value is -3.65. The molecule has 0 fully saturated rings. The first-order valence-electron chi connectivity index (χ1n) is 10.1. The van der Waals surface area contributed by atoms with E-state index < -0.39 is 0 Å². The third-order valence-electron chi connectivity index (χ3n) is 5.44. The molecule has 8 heteroatoms. The number of thiazole rings is 1. The van der Waals surface area contributed by atoms with Crippen molar-refractivity contribution >= 4 is 39.4 Å². The van der Waals surface area contributed by atoms with Crippen molar-refractivity contribution in [3.05, 3.63) is 65.4 Å². The van der Waals surface area contributed by atoms with Gasteiger partial charge in [0.2, 0.25) is 17.8 Å². The van der Waals surface area contributed by atoms with Gasteiger partial charge in [-0.2, -0.15) is 9.78 Å². The molecule has 7 nitrogen and oxygen atoms in total. The minimum Gasteiger partial charge on any atom is -0.454 e. The number of nitrogens with one attached hydrogen (secondary N) is 1. The fraction of sp³-hybridized carbons (Fsp3) is 0.174. The van der Waals surface area contributed by atoms with Crippen molar-refractivity contribution < 1.29 is 14.3 Å². The first kappa shape index (κ1) is 18.1. The summed E-state index contributed by atoms with van der Waals surface area (Å²) in [5.74, 6) is 1.91. The van der Waals surface area contributed by atoms with Crippen LogP contribution in [0.5, 0.6) is 11.5 Å². The molecular formula is C23H18N4O3S. The molecule has 4 aromatic rings. The molecular weight excluding hydrogens is 412 g/mol. The van der Waals surface area contributed by atoms with Crippen LogP contribution >= 0.6 is 11.3 Å². The molecule has 0 saturated carbocycles. The highest BCUT2D eigenvalue weighted by molar-refractivity contribution is 7.20. The van der Waals surface area contributed by atoms with E-state index in [1.54, 1.807) is 22.1 Å². The van der Waals surface area contributed by atoms with Gasteiger partial charge in [0, 0.05) is 11.6 Å². The predicted molar refractivity (Wildman–Crippen MR) is 119 cm³/mol. The molecule has 1 N–H and O–H groups in total.